The van der Waals surface area contributed by atoms with Crippen LogP contribution in [0.2, 0.25) is 0 Å². The number of hydrogen-bond acceptors (Lipinski definition) is 4. The minimum absolute atomic E-state index is 0.0792. The Morgan fingerprint density at radius 2 is 1.94 bits per heavy atom. The summed E-state index contributed by atoms with van der Waals surface area (Å²) in [6, 6.07) is 6.84. The molecule has 0 saturated heterocycles. The van der Waals surface area contributed by atoms with Crippen molar-refractivity contribution >= 4 is 16.0 Å². The second-order valence-corrected chi connectivity index (χ2v) is 5.69. The summed E-state index contributed by atoms with van der Waals surface area (Å²) in [5, 5.41) is 17.3. The number of aliphatic hydroxyl groups is 1. The van der Waals surface area contributed by atoms with E-state index in [9.17, 15) is 13.2 Å². The third kappa shape index (κ3) is 5.26. The number of nitrogens with one attached hydrogen (secondary N) is 1. The highest BCUT2D eigenvalue weighted by molar-refractivity contribution is 7.89. The van der Waals surface area contributed by atoms with Gasteiger partial charge in [0.15, 0.2) is 0 Å². The topological polar surface area (TPSA) is 104 Å². The summed E-state index contributed by atoms with van der Waals surface area (Å²) in [6.45, 7) is -0.0323. The molecular formula is C11H15NO5S. The molecule has 0 aromatic heterocycles. The van der Waals surface area contributed by atoms with Crippen molar-refractivity contribution in [3.05, 3.63) is 35.4 Å². The highest BCUT2D eigenvalue weighted by Gasteiger charge is 2.12. The molecule has 0 bridgehead atoms. The van der Waals surface area contributed by atoms with Crippen molar-refractivity contribution in [2.75, 3.05) is 5.75 Å². The summed E-state index contributed by atoms with van der Waals surface area (Å²) in [6.07, 6.45) is -0.425. The molecule has 0 aliphatic carbocycles. The van der Waals surface area contributed by atoms with E-state index in [0.29, 0.717) is 11.1 Å². The Hall–Kier alpha value is -1.44. The van der Waals surface area contributed by atoms with E-state index in [2.05, 4.69) is 4.72 Å². The fourth-order valence-electron chi connectivity index (χ4n) is 1.33. The Balaban J connectivity index is 2.55. The number of sulfonamides is 1. The zero-order valence-electron chi connectivity index (χ0n) is 9.67. The van der Waals surface area contributed by atoms with Crippen molar-refractivity contribution in [1.29, 1.82) is 0 Å². The van der Waals surface area contributed by atoms with Gasteiger partial charge in [-0.15, -0.1) is 0 Å². The molecule has 0 fully saturated rings. The first-order valence-corrected chi connectivity index (χ1v) is 6.96. The van der Waals surface area contributed by atoms with Gasteiger partial charge in [-0.05, 0) is 11.1 Å². The lowest BCUT2D eigenvalue weighted by atomic mass is 10.1. The van der Waals surface area contributed by atoms with Gasteiger partial charge >= 0.3 is 5.97 Å². The molecule has 1 rings (SSSR count). The van der Waals surface area contributed by atoms with Crippen LogP contribution in [0.4, 0.5) is 0 Å². The quantitative estimate of drug-likeness (QED) is 0.652. The number of hydrogen-bond donors (Lipinski definition) is 3. The molecule has 0 unspecified atom stereocenters. The molecule has 0 aliphatic heterocycles. The number of carboxylic acid groups (broad SMARTS) is 1. The molecule has 0 atom stereocenters. The predicted octanol–water partition coefficient (Wildman–Crippen LogP) is 0.0730. The van der Waals surface area contributed by atoms with Crippen LogP contribution in [0.5, 0.6) is 0 Å². The minimum Gasteiger partial charge on any atom is -0.481 e. The van der Waals surface area contributed by atoms with Crippen molar-refractivity contribution in [3.63, 3.8) is 0 Å². The molecule has 0 saturated carbocycles. The molecule has 0 aliphatic rings. The predicted molar refractivity (Wildman–Crippen MR) is 65.2 cm³/mol. The summed E-state index contributed by atoms with van der Waals surface area (Å²) in [5.41, 5.74) is 1.40. The fourth-order valence-corrected chi connectivity index (χ4v) is 2.30. The SMILES string of the molecule is O=C(O)CCS(=O)(=O)NCc1cccc(CO)c1. The number of aliphatic carboxylic acids is 1. The summed E-state index contributed by atoms with van der Waals surface area (Å²) in [4.78, 5) is 10.3. The molecule has 3 N–H and O–H groups in total. The van der Waals surface area contributed by atoms with Gasteiger partial charge in [-0.1, -0.05) is 24.3 Å². The average molecular weight is 273 g/mol. The summed E-state index contributed by atoms with van der Waals surface area (Å²) in [5.74, 6) is -1.59. The molecule has 0 spiro atoms. The van der Waals surface area contributed by atoms with Crippen LogP contribution in [0.1, 0.15) is 17.5 Å². The van der Waals surface area contributed by atoms with Crippen molar-refractivity contribution < 1.29 is 23.4 Å². The van der Waals surface area contributed by atoms with Gasteiger partial charge in [-0.3, -0.25) is 4.79 Å². The van der Waals surface area contributed by atoms with E-state index in [1.165, 1.54) is 0 Å². The van der Waals surface area contributed by atoms with Gasteiger partial charge in [0.1, 0.15) is 0 Å². The van der Waals surface area contributed by atoms with Crippen LogP contribution < -0.4 is 4.72 Å². The van der Waals surface area contributed by atoms with Gasteiger partial charge in [-0.2, -0.15) is 0 Å². The van der Waals surface area contributed by atoms with E-state index < -0.39 is 28.2 Å². The lowest BCUT2D eigenvalue weighted by Crippen LogP contribution is -2.27. The van der Waals surface area contributed by atoms with E-state index in [1.54, 1.807) is 24.3 Å². The van der Waals surface area contributed by atoms with Gasteiger partial charge in [0.05, 0.1) is 18.8 Å². The first kappa shape index (κ1) is 14.6. The Morgan fingerprint density at radius 3 is 2.56 bits per heavy atom. The van der Waals surface area contributed by atoms with Crippen molar-refractivity contribution in [3.8, 4) is 0 Å². The van der Waals surface area contributed by atoms with Crippen molar-refractivity contribution in [1.82, 2.24) is 4.72 Å². The zero-order valence-corrected chi connectivity index (χ0v) is 10.5. The lowest BCUT2D eigenvalue weighted by Gasteiger charge is -2.06. The maximum atomic E-state index is 11.4. The van der Waals surface area contributed by atoms with Crippen molar-refractivity contribution in [2.45, 2.75) is 19.6 Å². The van der Waals surface area contributed by atoms with Gasteiger partial charge in [0.2, 0.25) is 10.0 Å². The normalized spacial score (nSPS) is 11.4. The lowest BCUT2D eigenvalue weighted by molar-refractivity contribution is -0.136. The number of aliphatic hydroxyl groups excluding tert-OH is 1. The molecule has 0 amide bonds. The summed E-state index contributed by atoms with van der Waals surface area (Å²) < 4.78 is 25.2. The second-order valence-electron chi connectivity index (χ2n) is 3.76. The summed E-state index contributed by atoms with van der Waals surface area (Å²) in [7, 11) is -3.59. The maximum absolute atomic E-state index is 11.4. The van der Waals surface area contributed by atoms with E-state index in [0.717, 1.165) is 0 Å². The Bertz CT molecular complexity index is 512. The van der Waals surface area contributed by atoms with E-state index in [4.69, 9.17) is 10.2 Å². The molecule has 0 heterocycles. The number of rotatable bonds is 7. The molecule has 1 aromatic rings. The molecule has 1 aromatic carbocycles. The van der Waals surface area contributed by atoms with E-state index in [-0.39, 0.29) is 13.2 Å². The molecule has 6 nitrogen and oxygen atoms in total. The van der Waals surface area contributed by atoms with Crippen LogP contribution in [-0.4, -0.2) is 30.4 Å². The molecule has 0 radical (unpaired) electrons. The van der Waals surface area contributed by atoms with Gasteiger partial charge < -0.3 is 10.2 Å². The Morgan fingerprint density at radius 1 is 1.28 bits per heavy atom. The number of carbonyl (C=O) groups is 1. The highest BCUT2D eigenvalue weighted by Crippen LogP contribution is 2.05. The Labute approximate surface area is 105 Å². The standard InChI is InChI=1S/C11H15NO5S/c13-8-10-3-1-2-9(6-10)7-12-18(16,17)5-4-11(14)15/h1-3,6,12-13H,4-5,7-8H2,(H,14,15). The van der Waals surface area contributed by atoms with Crippen LogP contribution in [0.3, 0.4) is 0 Å². The van der Waals surface area contributed by atoms with E-state index in [1.807, 2.05) is 0 Å². The average Bonchev–Trinajstić information content (AvgIpc) is 2.35. The van der Waals surface area contributed by atoms with Crippen LogP contribution in [-0.2, 0) is 28.0 Å². The van der Waals surface area contributed by atoms with E-state index >= 15 is 0 Å². The van der Waals surface area contributed by atoms with Gasteiger partial charge in [-0.25, -0.2) is 13.1 Å². The maximum Gasteiger partial charge on any atom is 0.304 e. The van der Waals surface area contributed by atoms with Crippen LogP contribution >= 0.6 is 0 Å². The van der Waals surface area contributed by atoms with Crippen LogP contribution in [0, 0.1) is 0 Å². The minimum atomic E-state index is -3.59. The number of benzene rings is 1. The smallest absolute Gasteiger partial charge is 0.304 e. The van der Waals surface area contributed by atoms with Gasteiger partial charge in [0.25, 0.3) is 0 Å². The fraction of sp³-hybridized carbons (Fsp3) is 0.364. The zero-order chi connectivity index (χ0) is 13.6. The van der Waals surface area contributed by atoms with Gasteiger partial charge in [0, 0.05) is 6.54 Å². The highest BCUT2D eigenvalue weighted by atomic mass is 32.2. The third-order valence-corrected chi connectivity index (χ3v) is 3.58. The first-order valence-electron chi connectivity index (χ1n) is 5.31. The summed E-state index contributed by atoms with van der Waals surface area (Å²) >= 11 is 0. The number of carboxylic acids is 1. The monoisotopic (exact) mass is 273 g/mol. The largest absolute Gasteiger partial charge is 0.481 e. The van der Waals surface area contributed by atoms with Crippen LogP contribution in [0.15, 0.2) is 24.3 Å². The molecule has 18 heavy (non-hydrogen) atoms. The third-order valence-electron chi connectivity index (χ3n) is 2.25. The second kappa shape index (κ2) is 6.48. The Kier molecular flexibility index (Phi) is 5.26. The molecule has 100 valence electrons. The molecule has 7 heteroatoms. The molecular weight excluding hydrogens is 258 g/mol. The van der Waals surface area contributed by atoms with Crippen molar-refractivity contribution in [2.24, 2.45) is 0 Å². The van der Waals surface area contributed by atoms with Crippen LogP contribution in [0.25, 0.3) is 0 Å². The first-order chi connectivity index (χ1) is 8.43.